The first-order valence-corrected chi connectivity index (χ1v) is 11.6. The first kappa shape index (κ1) is 17.3. The maximum absolute atomic E-state index is 12.9. The number of carbonyl (C=O) groups excluding carboxylic acids is 1. The van der Waals surface area contributed by atoms with Crippen LogP contribution >= 0.6 is 34.7 Å². The predicted octanol–water partition coefficient (Wildman–Crippen LogP) is 5.52. The Hall–Kier alpha value is -0.780. The second-order valence-corrected chi connectivity index (χ2v) is 11.6. The monoisotopic (exact) mass is 406 g/mol. The van der Waals surface area contributed by atoms with E-state index in [1.54, 1.807) is 23.1 Å². The van der Waals surface area contributed by atoms with E-state index in [4.69, 9.17) is 11.6 Å². The van der Waals surface area contributed by atoms with Gasteiger partial charge in [-0.2, -0.15) is 0 Å². The third-order valence-corrected chi connectivity index (χ3v) is 8.87. The molecule has 4 aliphatic carbocycles. The Labute approximate surface area is 167 Å². The second kappa shape index (κ2) is 6.39. The minimum atomic E-state index is -0.126. The summed E-state index contributed by atoms with van der Waals surface area (Å²) in [5.74, 6) is 2.71. The van der Waals surface area contributed by atoms with Crippen molar-refractivity contribution in [3.8, 4) is 0 Å². The van der Waals surface area contributed by atoms with Gasteiger partial charge in [0.25, 0.3) is 0 Å². The Morgan fingerprint density at radius 3 is 2.58 bits per heavy atom. The number of carbonyl (C=O) groups is 1. The van der Waals surface area contributed by atoms with Gasteiger partial charge in [0.2, 0.25) is 5.91 Å². The zero-order valence-corrected chi connectivity index (χ0v) is 17.2. The molecule has 0 aliphatic heterocycles. The van der Waals surface area contributed by atoms with Gasteiger partial charge in [-0.05, 0) is 81.4 Å². The van der Waals surface area contributed by atoms with Crippen LogP contribution in [0.2, 0.25) is 5.02 Å². The SMILES string of the molecule is C[C@H](Sc1nc2cc(Cl)ccc2s1)C(=O)NC12CC3CC(CC(C3)C1)C2. The smallest absolute Gasteiger partial charge is 0.233 e. The maximum Gasteiger partial charge on any atom is 0.233 e. The van der Waals surface area contributed by atoms with E-state index in [9.17, 15) is 4.79 Å². The number of hydrogen-bond acceptors (Lipinski definition) is 4. The lowest BCUT2D eigenvalue weighted by Crippen LogP contribution is -2.60. The number of nitrogens with zero attached hydrogens (tertiary/aromatic N) is 1. The van der Waals surface area contributed by atoms with Gasteiger partial charge in [-0.3, -0.25) is 4.79 Å². The highest BCUT2D eigenvalue weighted by molar-refractivity contribution is 8.02. The summed E-state index contributed by atoms with van der Waals surface area (Å²) in [5, 5.41) is 4.06. The van der Waals surface area contributed by atoms with E-state index in [1.807, 2.05) is 25.1 Å². The third-order valence-electron chi connectivity index (χ3n) is 6.40. The van der Waals surface area contributed by atoms with E-state index in [0.29, 0.717) is 5.02 Å². The summed E-state index contributed by atoms with van der Waals surface area (Å²) in [6.45, 7) is 2.00. The zero-order chi connectivity index (χ0) is 17.9. The number of thiazole rings is 1. The van der Waals surface area contributed by atoms with Crippen molar-refractivity contribution in [2.24, 2.45) is 17.8 Å². The van der Waals surface area contributed by atoms with Crippen molar-refractivity contribution in [2.75, 3.05) is 0 Å². The molecule has 0 unspecified atom stereocenters. The van der Waals surface area contributed by atoms with Crippen LogP contribution in [0.1, 0.15) is 45.4 Å². The lowest BCUT2D eigenvalue weighted by molar-refractivity contribution is -0.126. The molecule has 4 bridgehead atoms. The molecule has 1 amide bonds. The number of halogens is 1. The van der Waals surface area contributed by atoms with Crippen LogP contribution in [0, 0.1) is 17.8 Å². The van der Waals surface area contributed by atoms with Crippen LogP contribution < -0.4 is 5.32 Å². The van der Waals surface area contributed by atoms with Crippen molar-refractivity contribution in [3.05, 3.63) is 23.2 Å². The standard InChI is InChI=1S/C20H23ClN2OS2/c1-11(25-19-22-16-7-15(21)2-3-17(16)26-19)18(24)23-20-8-12-4-13(9-20)6-14(5-12)10-20/h2-3,7,11-14H,4-6,8-10H2,1H3,(H,23,24)/t11-,12?,13?,14?,20?/m0/s1. The van der Waals surface area contributed by atoms with Crippen molar-refractivity contribution in [1.29, 1.82) is 0 Å². The molecule has 138 valence electrons. The molecule has 4 aliphatic rings. The Morgan fingerprint density at radius 1 is 1.27 bits per heavy atom. The Kier molecular flexibility index (Phi) is 4.26. The topological polar surface area (TPSA) is 42.0 Å². The van der Waals surface area contributed by atoms with Crippen LogP contribution in [-0.4, -0.2) is 21.7 Å². The lowest BCUT2D eigenvalue weighted by Gasteiger charge is -2.57. The zero-order valence-electron chi connectivity index (χ0n) is 14.8. The number of rotatable bonds is 4. The molecule has 0 saturated heterocycles. The number of benzene rings is 1. The Bertz CT molecular complexity index is 829. The molecule has 1 aromatic carbocycles. The lowest BCUT2D eigenvalue weighted by atomic mass is 9.53. The number of nitrogens with one attached hydrogen (secondary N) is 1. The Balaban J connectivity index is 1.28. The van der Waals surface area contributed by atoms with Crippen LogP contribution in [0.15, 0.2) is 22.5 Å². The summed E-state index contributed by atoms with van der Waals surface area (Å²) in [6.07, 6.45) is 7.78. The average Bonchev–Trinajstić information content (AvgIpc) is 2.94. The van der Waals surface area contributed by atoms with Crippen LogP contribution in [-0.2, 0) is 4.79 Å². The molecule has 0 radical (unpaired) electrons. The quantitative estimate of drug-likeness (QED) is 0.680. The minimum Gasteiger partial charge on any atom is -0.350 e. The van der Waals surface area contributed by atoms with E-state index < -0.39 is 0 Å². The van der Waals surface area contributed by atoms with Gasteiger partial charge >= 0.3 is 0 Å². The number of hydrogen-bond donors (Lipinski definition) is 1. The average molecular weight is 407 g/mol. The van der Waals surface area contributed by atoms with E-state index in [-0.39, 0.29) is 16.7 Å². The van der Waals surface area contributed by atoms with Crippen LogP contribution in [0.4, 0.5) is 0 Å². The number of thioether (sulfide) groups is 1. The molecule has 3 nitrogen and oxygen atoms in total. The summed E-state index contributed by atoms with van der Waals surface area (Å²) in [7, 11) is 0. The van der Waals surface area contributed by atoms with Crippen molar-refractivity contribution in [1.82, 2.24) is 10.3 Å². The molecular formula is C20H23ClN2OS2. The molecule has 6 rings (SSSR count). The van der Waals surface area contributed by atoms with Crippen LogP contribution in [0.25, 0.3) is 10.2 Å². The van der Waals surface area contributed by atoms with Crippen molar-refractivity contribution in [2.45, 2.75) is 60.6 Å². The molecular weight excluding hydrogens is 384 g/mol. The summed E-state index contributed by atoms with van der Waals surface area (Å²) < 4.78 is 2.06. The van der Waals surface area contributed by atoms with Crippen molar-refractivity contribution >= 4 is 50.8 Å². The molecule has 1 heterocycles. The minimum absolute atomic E-state index is 0.0851. The van der Waals surface area contributed by atoms with E-state index in [1.165, 1.54) is 38.5 Å². The van der Waals surface area contributed by atoms with Gasteiger partial charge in [0.15, 0.2) is 4.34 Å². The summed E-state index contributed by atoms with van der Waals surface area (Å²) in [6, 6.07) is 5.77. The molecule has 1 atom stereocenters. The number of amides is 1. The highest BCUT2D eigenvalue weighted by Gasteiger charge is 2.51. The molecule has 0 spiro atoms. The fourth-order valence-corrected chi connectivity index (χ4v) is 8.12. The molecule has 4 fully saturated rings. The second-order valence-electron chi connectivity index (χ2n) is 8.54. The van der Waals surface area contributed by atoms with E-state index >= 15 is 0 Å². The fraction of sp³-hybridized carbons (Fsp3) is 0.600. The van der Waals surface area contributed by atoms with Gasteiger partial charge in [0, 0.05) is 10.6 Å². The van der Waals surface area contributed by atoms with Gasteiger partial charge in [-0.25, -0.2) is 4.98 Å². The molecule has 1 N–H and O–H groups in total. The third kappa shape index (κ3) is 3.16. The van der Waals surface area contributed by atoms with Crippen molar-refractivity contribution < 1.29 is 4.79 Å². The maximum atomic E-state index is 12.9. The van der Waals surface area contributed by atoms with E-state index in [0.717, 1.165) is 32.3 Å². The first-order valence-electron chi connectivity index (χ1n) is 9.53. The molecule has 1 aromatic heterocycles. The van der Waals surface area contributed by atoms with Gasteiger partial charge in [-0.15, -0.1) is 11.3 Å². The molecule has 4 saturated carbocycles. The summed E-state index contributed by atoms with van der Waals surface area (Å²) in [5.41, 5.74) is 1.00. The first-order chi connectivity index (χ1) is 12.5. The van der Waals surface area contributed by atoms with Gasteiger partial charge in [0.1, 0.15) is 0 Å². The molecule has 26 heavy (non-hydrogen) atoms. The highest BCUT2D eigenvalue weighted by Crippen LogP contribution is 2.55. The highest BCUT2D eigenvalue weighted by atomic mass is 35.5. The van der Waals surface area contributed by atoms with Gasteiger partial charge in [0.05, 0.1) is 15.5 Å². The molecule has 6 heteroatoms. The van der Waals surface area contributed by atoms with E-state index in [2.05, 4.69) is 10.3 Å². The van der Waals surface area contributed by atoms with Crippen molar-refractivity contribution in [3.63, 3.8) is 0 Å². The summed E-state index contributed by atoms with van der Waals surface area (Å²) in [4.78, 5) is 17.6. The van der Waals surface area contributed by atoms with Gasteiger partial charge in [-0.1, -0.05) is 23.4 Å². The van der Waals surface area contributed by atoms with Crippen LogP contribution in [0.3, 0.4) is 0 Å². The Morgan fingerprint density at radius 2 is 1.92 bits per heavy atom. The largest absolute Gasteiger partial charge is 0.350 e. The number of aromatic nitrogens is 1. The summed E-state index contributed by atoms with van der Waals surface area (Å²) >= 11 is 9.25. The fourth-order valence-electron chi connectivity index (χ4n) is 5.76. The normalized spacial score (nSPS) is 33.5. The number of fused-ring (bicyclic) bond motifs is 1. The predicted molar refractivity (Wildman–Crippen MR) is 109 cm³/mol. The molecule has 2 aromatic rings. The van der Waals surface area contributed by atoms with Crippen LogP contribution in [0.5, 0.6) is 0 Å². The van der Waals surface area contributed by atoms with Gasteiger partial charge < -0.3 is 5.32 Å².